The molecule has 0 aliphatic heterocycles. The maximum absolute atomic E-state index is 3.97. The Kier molecular flexibility index (Phi) is 2.43. The van der Waals surface area contributed by atoms with Crippen LogP contribution in [0.1, 0.15) is 19.5 Å². The SMILES string of the molecule is CCc1nnn(CC)c1Br. The second-order valence-electron chi connectivity index (χ2n) is 2.00. The molecule has 0 radical (unpaired) electrons. The normalized spacial score (nSPS) is 10.3. The number of nitrogens with zero attached hydrogens (tertiary/aromatic N) is 3. The number of hydrogen-bond acceptors (Lipinski definition) is 2. The van der Waals surface area contributed by atoms with Gasteiger partial charge in [-0.1, -0.05) is 12.1 Å². The van der Waals surface area contributed by atoms with Crippen molar-refractivity contribution in [2.45, 2.75) is 26.8 Å². The highest BCUT2D eigenvalue weighted by atomic mass is 79.9. The van der Waals surface area contributed by atoms with E-state index in [1.807, 2.05) is 11.6 Å². The molecule has 1 heterocycles. The van der Waals surface area contributed by atoms with Crippen molar-refractivity contribution in [2.75, 3.05) is 0 Å². The second-order valence-corrected chi connectivity index (χ2v) is 2.75. The van der Waals surface area contributed by atoms with E-state index in [0.717, 1.165) is 23.3 Å². The Morgan fingerprint density at radius 1 is 1.50 bits per heavy atom. The molecule has 0 aliphatic rings. The van der Waals surface area contributed by atoms with Crippen molar-refractivity contribution >= 4 is 15.9 Å². The molecule has 0 N–H and O–H groups in total. The monoisotopic (exact) mass is 203 g/mol. The summed E-state index contributed by atoms with van der Waals surface area (Å²) in [5, 5.41) is 7.90. The van der Waals surface area contributed by atoms with Crippen LogP contribution in [0, 0.1) is 0 Å². The maximum Gasteiger partial charge on any atom is 0.127 e. The third-order valence-corrected chi connectivity index (χ3v) is 2.24. The van der Waals surface area contributed by atoms with Gasteiger partial charge in [0, 0.05) is 6.54 Å². The van der Waals surface area contributed by atoms with E-state index in [9.17, 15) is 0 Å². The van der Waals surface area contributed by atoms with E-state index in [2.05, 4.69) is 33.2 Å². The molecule has 0 saturated carbocycles. The lowest BCUT2D eigenvalue weighted by Gasteiger charge is -1.93. The van der Waals surface area contributed by atoms with E-state index in [4.69, 9.17) is 0 Å². The number of aryl methyl sites for hydroxylation is 2. The van der Waals surface area contributed by atoms with Crippen LogP contribution in [0.4, 0.5) is 0 Å². The van der Waals surface area contributed by atoms with E-state index in [1.165, 1.54) is 0 Å². The number of halogens is 1. The summed E-state index contributed by atoms with van der Waals surface area (Å²) in [5.41, 5.74) is 1.03. The van der Waals surface area contributed by atoms with Gasteiger partial charge in [-0.15, -0.1) is 5.10 Å². The van der Waals surface area contributed by atoms with E-state index in [0.29, 0.717) is 0 Å². The predicted molar refractivity (Wildman–Crippen MR) is 42.8 cm³/mol. The minimum absolute atomic E-state index is 0.869. The third kappa shape index (κ3) is 1.21. The fraction of sp³-hybridized carbons (Fsp3) is 0.667. The van der Waals surface area contributed by atoms with E-state index < -0.39 is 0 Å². The highest BCUT2D eigenvalue weighted by molar-refractivity contribution is 9.10. The average Bonchev–Trinajstić information content (AvgIpc) is 2.30. The van der Waals surface area contributed by atoms with Crippen molar-refractivity contribution in [1.29, 1.82) is 0 Å². The zero-order valence-corrected chi connectivity index (χ0v) is 7.72. The van der Waals surface area contributed by atoms with Crippen molar-refractivity contribution < 1.29 is 0 Å². The van der Waals surface area contributed by atoms with Crippen LogP contribution in [-0.4, -0.2) is 15.0 Å². The molecule has 0 atom stereocenters. The molecule has 0 amide bonds. The largest absolute Gasteiger partial charge is 0.238 e. The summed E-state index contributed by atoms with van der Waals surface area (Å²) in [6, 6.07) is 0. The molecule has 0 aliphatic carbocycles. The molecular weight excluding hydrogens is 194 g/mol. The van der Waals surface area contributed by atoms with Gasteiger partial charge < -0.3 is 0 Å². The first-order valence-electron chi connectivity index (χ1n) is 3.37. The molecule has 0 saturated heterocycles. The lowest BCUT2D eigenvalue weighted by atomic mass is 10.4. The van der Waals surface area contributed by atoms with Crippen molar-refractivity contribution in [3.05, 3.63) is 10.3 Å². The first-order valence-corrected chi connectivity index (χ1v) is 4.16. The molecule has 4 heteroatoms. The average molecular weight is 204 g/mol. The molecular formula is C6H10BrN3. The zero-order valence-electron chi connectivity index (χ0n) is 6.13. The lowest BCUT2D eigenvalue weighted by molar-refractivity contribution is 0.615. The van der Waals surface area contributed by atoms with Gasteiger partial charge in [0.2, 0.25) is 0 Å². The summed E-state index contributed by atoms with van der Waals surface area (Å²) in [6.45, 7) is 4.97. The van der Waals surface area contributed by atoms with Crippen LogP contribution in [0.25, 0.3) is 0 Å². The summed E-state index contributed by atoms with van der Waals surface area (Å²) in [4.78, 5) is 0. The summed E-state index contributed by atoms with van der Waals surface area (Å²) in [7, 11) is 0. The molecule has 0 aromatic carbocycles. The first kappa shape index (κ1) is 7.72. The fourth-order valence-corrected chi connectivity index (χ4v) is 1.44. The van der Waals surface area contributed by atoms with E-state index in [1.54, 1.807) is 0 Å². The van der Waals surface area contributed by atoms with Crippen LogP contribution in [0.3, 0.4) is 0 Å². The Morgan fingerprint density at radius 3 is 2.50 bits per heavy atom. The molecule has 0 fully saturated rings. The van der Waals surface area contributed by atoms with Crippen LogP contribution in [0.2, 0.25) is 0 Å². The molecule has 10 heavy (non-hydrogen) atoms. The van der Waals surface area contributed by atoms with Crippen LogP contribution in [0.5, 0.6) is 0 Å². The van der Waals surface area contributed by atoms with Gasteiger partial charge in [0.05, 0.1) is 5.69 Å². The number of hydrogen-bond donors (Lipinski definition) is 0. The third-order valence-electron chi connectivity index (χ3n) is 1.37. The molecule has 56 valence electrons. The molecule has 3 nitrogen and oxygen atoms in total. The quantitative estimate of drug-likeness (QED) is 0.732. The summed E-state index contributed by atoms with van der Waals surface area (Å²) in [5.74, 6) is 0. The topological polar surface area (TPSA) is 30.7 Å². The molecule has 0 spiro atoms. The zero-order chi connectivity index (χ0) is 7.56. The Balaban J connectivity index is 2.97. The number of rotatable bonds is 2. The van der Waals surface area contributed by atoms with Crippen LogP contribution >= 0.6 is 15.9 Å². The van der Waals surface area contributed by atoms with Gasteiger partial charge in [-0.2, -0.15) is 0 Å². The summed E-state index contributed by atoms with van der Waals surface area (Å²) in [6.07, 6.45) is 0.931. The smallest absolute Gasteiger partial charge is 0.127 e. The highest BCUT2D eigenvalue weighted by Gasteiger charge is 2.04. The molecule has 0 bridgehead atoms. The van der Waals surface area contributed by atoms with Crippen molar-refractivity contribution in [3.63, 3.8) is 0 Å². The minimum Gasteiger partial charge on any atom is -0.238 e. The van der Waals surface area contributed by atoms with Crippen LogP contribution < -0.4 is 0 Å². The van der Waals surface area contributed by atoms with Gasteiger partial charge in [0.25, 0.3) is 0 Å². The Hall–Kier alpha value is -0.380. The highest BCUT2D eigenvalue weighted by Crippen LogP contribution is 2.13. The van der Waals surface area contributed by atoms with Crippen LogP contribution in [0.15, 0.2) is 4.60 Å². The van der Waals surface area contributed by atoms with Crippen molar-refractivity contribution in [2.24, 2.45) is 0 Å². The lowest BCUT2D eigenvalue weighted by Crippen LogP contribution is -1.96. The first-order chi connectivity index (χ1) is 4.79. The van der Waals surface area contributed by atoms with Gasteiger partial charge in [0.1, 0.15) is 4.60 Å². The maximum atomic E-state index is 3.97. The molecule has 1 rings (SSSR count). The Morgan fingerprint density at radius 2 is 2.20 bits per heavy atom. The molecule has 1 aromatic heterocycles. The van der Waals surface area contributed by atoms with E-state index >= 15 is 0 Å². The second kappa shape index (κ2) is 3.14. The van der Waals surface area contributed by atoms with Gasteiger partial charge in [0.15, 0.2) is 0 Å². The van der Waals surface area contributed by atoms with Crippen molar-refractivity contribution in [1.82, 2.24) is 15.0 Å². The predicted octanol–water partition coefficient (Wildman–Crippen LogP) is 1.62. The van der Waals surface area contributed by atoms with E-state index in [-0.39, 0.29) is 0 Å². The minimum atomic E-state index is 0.869. The van der Waals surface area contributed by atoms with Gasteiger partial charge in [-0.25, -0.2) is 4.68 Å². The molecule has 0 unspecified atom stereocenters. The number of aromatic nitrogens is 3. The Bertz CT molecular complexity index is 197. The Labute approximate surface area is 68.6 Å². The fourth-order valence-electron chi connectivity index (χ4n) is 0.756. The standard InChI is InChI=1S/C6H10BrN3/c1-3-5-6(7)10(4-2)9-8-5/h3-4H2,1-2H3. The summed E-state index contributed by atoms with van der Waals surface area (Å²) < 4.78 is 2.84. The van der Waals surface area contributed by atoms with Gasteiger partial charge >= 0.3 is 0 Å². The van der Waals surface area contributed by atoms with Gasteiger partial charge in [-0.3, -0.25) is 0 Å². The van der Waals surface area contributed by atoms with Crippen LogP contribution in [-0.2, 0) is 13.0 Å². The molecule has 1 aromatic rings. The van der Waals surface area contributed by atoms with Gasteiger partial charge in [-0.05, 0) is 29.3 Å². The summed E-state index contributed by atoms with van der Waals surface area (Å²) >= 11 is 3.41. The van der Waals surface area contributed by atoms with Crippen molar-refractivity contribution in [3.8, 4) is 0 Å².